The van der Waals surface area contributed by atoms with Gasteiger partial charge < -0.3 is 5.11 Å². The molecular weight excluding hydrogens is 284 g/mol. The van der Waals surface area contributed by atoms with Crippen LogP contribution in [0.15, 0.2) is 59.5 Å². The predicted molar refractivity (Wildman–Crippen MR) is 74.9 cm³/mol. The highest BCUT2D eigenvalue weighted by atomic mass is 35.5. The monoisotopic (exact) mass is 296 g/mol. The molecule has 0 saturated carbocycles. The minimum atomic E-state index is -3.61. The van der Waals surface area contributed by atoms with Gasteiger partial charge in [-0.3, -0.25) is 0 Å². The maximum Gasteiger partial charge on any atom is 0.187 e. The summed E-state index contributed by atoms with van der Waals surface area (Å²) < 4.78 is 24.9. The number of rotatable bonds is 4. The average molecular weight is 297 g/mol. The van der Waals surface area contributed by atoms with Crippen molar-refractivity contribution in [3.8, 4) is 0 Å². The van der Waals surface area contributed by atoms with Gasteiger partial charge in [0.15, 0.2) is 9.84 Å². The third kappa shape index (κ3) is 2.97. The molecule has 0 aliphatic heterocycles. The summed E-state index contributed by atoms with van der Waals surface area (Å²) in [5.74, 6) is 0. The summed E-state index contributed by atoms with van der Waals surface area (Å²) in [6.07, 6.45) is 0. The van der Waals surface area contributed by atoms with E-state index in [9.17, 15) is 13.5 Å². The Kier molecular flexibility index (Phi) is 4.24. The zero-order valence-electron chi connectivity index (χ0n) is 10.0. The summed E-state index contributed by atoms with van der Waals surface area (Å²) >= 11 is 5.78. The fourth-order valence-corrected chi connectivity index (χ4v) is 3.54. The highest BCUT2D eigenvalue weighted by Crippen LogP contribution is 2.29. The van der Waals surface area contributed by atoms with E-state index in [-0.39, 0.29) is 4.90 Å². The third-order valence-electron chi connectivity index (χ3n) is 2.85. The molecule has 19 heavy (non-hydrogen) atoms. The highest BCUT2D eigenvalue weighted by molar-refractivity contribution is 7.91. The first-order valence-corrected chi connectivity index (χ1v) is 7.63. The maximum atomic E-state index is 12.5. The van der Waals surface area contributed by atoms with E-state index in [1.807, 2.05) is 0 Å². The molecule has 0 amide bonds. The Morgan fingerprint density at radius 1 is 1.00 bits per heavy atom. The number of aliphatic hydroxyl groups is 1. The van der Waals surface area contributed by atoms with E-state index >= 15 is 0 Å². The first kappa shape index (κ1) is 14.1. The van der Waals surface area contributed by atoms with Crippen LogP contribution >= 0.6 is 11.6 Å². The molecule has 100 valence electrons. The molecule has 0 fully saturated rings. The topological polar surface area (TPSA) is 54.4 Å². The van der Waals surface area contributed by atoms with Gasteiger partial charge in [0, 0.05) is 5.02 Å². The fraction of sp³-hybridized carbons (Fsp3) is 0.143. The Morgan fingerprint density at radius 2 is 1.58 bits per heavy atom. The number of hydrogen-bond acceptors (Lipinski definition) is 3. The van der Waals surface area contributed by atoms with E-state index in [0.29, 0.717) is 10.6 Å². The van der Waals surface area contributed by atoms with E-state index < -0.39 is 21.7 Å². The lowest BCUT2D eigenvalue weighted by Gasteiger charge is -2.15. The number of aliphatic hydroxyl groups excluding tert-OH is 1. The summed E-state index contributed by atoms with van der Waals surface area (Å²) in [5.41, 5.74) is 0.524. The number of benzene rings is 2. The van der Waals surface area contributed by atoms with Crippen LogP contribution in [0, 0.1) is 0 Å². The zero-order valence-corrected chi connectivity index (χ0v) is 11.6. The van der Waals surface area contributed by atoms with Gasteiger partial charge in [-0.1, -0.05) is 41.9 Å². The van der Waals surface area contributed by atoms with Gasteiger partial charge in [-0.05, 0) is 29.8 Å². The van der Waals surface area contributed by atoms with Crippen molar-refractivity contribution in [3.63, 3.8) is 0 Å². The van der Waals surface area contributed by atoms with Crippen molar-refractivity contribution < 1.29 is 13.5 Å². The van der Waals surface area contributed by atoms with Crippen LogP contribution in [-0.2, 0) is 9.84 Å². The Balaban J connectivity index is 2.45. The molecule has 0 saturated heterocycles. The summed E-state index contributed by atoms with van der Waals surface area (Å²) in [6.45, 7) is -0.473. The molecule has 0 radical (unpaired) electrons. The molecule has 0 bridgehead atoms. The van der Waals surface area contributed by atoms with E-state index in [0.717, 1.165) is 0 Å². The van der Waals surface area contributed by atoms with Gasteiger partial charge in [0.05, 0.1) is 11.5 Å². The second-order valence-electron chi connectivity index (χ2n) is 4.08. The lowest BCUT2D eigenvalue weighted by Crippen LogP contribution is -2.17. The standard InChI is InChI=1S/C14H13ClO3S/c15-12-8-6-11(7-9-12)14(10-16)19(17,18)13-4-2-1-3-5-13/h1-9,14,16H,10H2. The summed E-state index contributed by atoms with van der Waals surface area (Å²) in [7, 11) is -3.61. The Hall–Kier alpha value is -1.36. The molecule has 3 nitrogen and oxygen atoms in total. The molecule has 2 rings (SSSR count). The van der Waals surface area contributed by atoms with Crippen LogP contribution in [0.1, 0.15) is 10.8 Å². The van der Waals surface area contributed by atoms with Crippen LogP contribution in [-0.4, -0.2) is 20.1 Å². The normalized spacial score (nSPS) is 13.2. The fourth-order valence-electron chi connectivity index (χ4n) is 1.83. The number of halogens is 1. The van der Waals surface area contributed by atoms with Crippen molar-refractivity contribution >= 4 is 21.4 Å². The van der Waals surface area contributed by atoms with E-state index in [1.165, 1.54) is 12.1 Å². The van der Waals surface area contributed by atoms with Crippen LogP contribution in [0.2, 0.25) is 5.02 Å². The molecule has 2 aromatic carbocycles. The van der Waals surface area contributed by atoms with Crippen LogP contribution in [0.5, 0.6) is 0 Å². The summed E-state index contributed by atoms with van der Waals surface area (Å²) in [5, 5.41) is 8.98. The molecule has 2 aromatic rings. The largest absolute Gasteiger partial charge is 0.395 e. The molecule has 0 aliphatic rings. The van der Waals surface area contributed by atoms with Gasteiger partial charge in [0.2, 0.25) is 0 Å². The Morgan fingerprint density at radius 3 is 2.11 bits per heavy atom. The maximum absolute atomic E-state index is 12.5. The minimum Gasteiger partial charge on any atom is -0.395 e. The van der Waals surface area contributed by atoms with Crippen LogP contribution < -0.4 is 0 Å². The van der Waals surface area contributed by atoms with Gasteiger partial charge in [-0.15, -0.1) is 0 Å². The van der Waals surface area contributed by atoms with Crippen molar-refractivity contribution in [1.29, 1.82) is 0 Å². The molecule has 1 N–H and O–H groups in total. The molecular formula is C14H13ClO3S. The van der Waals surface area contributed by atoms with Crippen molar-refractivity contribution in [2.24, 2.45) is 0 Å². The summed E-state index contributed by atoms with van der Waals surface area (Å²) in [6, 6.07) is 14.6. The Bertz CT molecular complexity index is 636. The molecule has 5 heteroatoms. The van der Waals surface area contributed by atoms with E-state index in [1.54, 1.807) is 42.5 Å². The first-order valence-electron chi connectivity index (χ1n) is 5.71. The van der Waals surface area contributed by atoms with Crippen molar-refractivity contribution in [2.45, 2.75) is 10.1 Å². The van der Waals surface area contributed by atoms with Gasteiger partial charge in [-0.2, -0.15) is 0 Å². The van der Waals surface area contributed by atoms with Crippen molar-refractivity contribution in [3.05, 3.63) is 65.2 Å². The smallest absolute Gasteiger partial charge is 0.187 e. The van der Waals surface area contributed by atoms with Crippen LogP contribution in [0.3, 0.4) is 0 Å². The van der Waals surface area contributed by atoms with Crippen molar-refractivity contribution in [1.82, 2.24) is 0 Å². The SMILES string of the molecule is O=S(=O)(c1ccccc1)C(CO)c1ccc(Cl)cc1. The second kappa shape index (κ2) is 5.74. The first-order chi connectivity index (χ1) is 9.05. The van der Waals surface area contributed by atoms with E-state index in [4.69, 9.17) is 11.6 Å². The summed E-state index contributed by atoms with van der Waals surface area (Å²) in [4.78, 5) is 0.198. The van der Waals surface area contributed by atoms with Crippen LogP contribution in [0.4, 0.5) is 0 Å². The quantitative estimate of drug-likeness (QED) is 0.944. The molecule has 0 heterocycles. The minimum absolute atomic E-state index is 0.198. The molecule has 1 unspecified atom stereocenters. The molecule has 0 aromatic heterocycles. The zero-order chi connectivity index (χ0) is 13.9. The highest BCUT2D eigenvalue weighted by Gasteiger charge is 2.28. The van der Waals surface area contributed by atoms with Gasteiger partial charge in [-0.25, -0.2) is 8.42 Å². The molecule has 1 atom stereocenters. The second-order valence-corrected chi connectivity index (χ2v) is 6.65. The molecule has 0 aliphatic carbocycles. The lowest BCUT2D eigenvalue weighted by molar-refractivity contribution is 0.291. The number of sulfone groups is 1. The van der Waals surface area contributed by atoms with Crippen molar-refractivity contribution in [2.75, 3.05) is 6.61 Å². The van der Waals surface area contributed by atoms with Crippen LogP contribution in [0.25, 0.3) is 0 Å². The van der Waals surface area contributed by atoms with E-state index in [2.05, 4.69) is 0 Å². The lowest BCUT2D eigenvalue weighted by atomic mass is 10.1. The Labute approximate surface area is 117 Å². The van der Waals surface area contributed by atoms with Gasteiger partial charge >= 0.3 is 0 Å². The average Bonchev–Trinajstić information content (AvgIpc) is 2.42. The number of hydrogen-bond donors (Lipinski definition) is 1. The predicted octanol–water partition coefficient (Wildman–Crippen LogP) is 2.85. The van der Waals surface area contributed by atoms with Gasteiger partial charge in [0.25, 0.3) is 0 Å². The molecule has 0 spiro atoms. The third-order valence-corrected chi connectivity index (χ3v) is 5.21. The van der Waals surface area contributed by atoms with Gasteiger partial charge in [0.1, 0.15) is 5.25 Å².